The summed E-state index contributed by atoms with van der Waals surface area (Å²) in [5.41, 5.74) is 8.09. The van der Waals surface area contributed by atoms with E-state index in [1.807, 2.05) is 30.3 Å². The first kappa shape index (κ1) is 11.1. The fourth-order valence-corrected chi connectivity index (χ4v) is 2.37. The van der Waals surface area contributed by atoms with Gasteiger partial charge in [-0.3, -0.25) is 0 Å². The van der Waals surface area contributed by atoms with Crippen molar-refractivity contribution in [3.05, 3.63) is 35.3 Å². The molecule has 0 aliphatic rings. The predicted molar refractivity (Wildman–Crippen MR) is 70.7 cm³/mol. The Morgan fingerprint density at radius 2 is 1.75 bits per heavy atom. The molecule has 0 amide bonds. The molecule has 1 aromatic carbocycles. The minimum absolute atomic E-state index is 0.0613. The average molecular weight is 232 g/mol. The molecule has 0 spiro atoms. The van der Waals surface area contributed by atoms with Crippen molar-refractivity contribution in [2.75, 3.05) is 5.73 Å². The lowest BCUT2D eigenvalue weighted by Crippen LogP contribution is -2.10. The summed E-state index contributed by atoms with van der Waals surface area (Å²) in [4.78, 5) is 4.64. The minimum Gasteiger partial charge on any atom is -0.389 e. The largest absolute Gasteiger partial charge is 0.389 e. The molecule has 0 unspecified atom stereocenters. The molecule has 0 aliphatic carbocycles. The Labute approximate surface area is 100 Å². The van der Waals surface area contributed by atoms with Crippen LogP contribution in [-0.2, 0) is 5.41 Å². The van der Waals surface area contributed by atoms with Crippen LogP contribution in [0.3, 0.4) is 0 Å². The van der Waals surface area contributed by atoms with Crippen molar-refractivity contribution in [3.8, 4) is 11.3 Å². The fraction of sp³-hybridized carbons (Fsp3) is 0.308. The van der Waals surface area contributed by atoms with Gasteiger partial charge in [0.05, 0.1) is 0 Å². The number of nitrogen functional groups attached to an aromatic ring is 1. The second-order valence-electron chi connectivity index (χ2n) is 4.85. The molecule has 1 aromatic heterocycles. The highest BCUT2D eigenvalue weighted by molar-refractivity contribution is 7.16. The number of nitrogens with zero attached hydrogens (tertiary/aromatic N) is 1. The van der Waals surface area contributed by atoms with Crippen LogP contribution in [0.2, 0.25) is 0 Å². The first-order chi connectivity index (χ1) is 7.48. The van der Waals surface area contributed by atoms with Gasteiger partial charge in [-0.2, -0.15) is 0 Å². The highest BCUT2D eigenvalue weighted by Gasteiger charge is 2.20. The monoisotopic (exact) mass is 232 g/mol. The standard InChI is InChI=1S/C13H16N2S/c1-13(2,3)12-15-10(11(14)16-12)9-7-5-4-6-8-9/h4-8H,14H2,1-3H3. The lowest BCUT2D eigenvalue weighted by molar-refractivity contribution is 0.586. The number of hydrogen-bond acceptors (Lipinski definition) is 3. The second-order valence-corrected chi connectivity index (χ2v) is 5.88. The molecule has 3 heteroatoms. The Kier molecular flexibility index (Phi) is 2.72. The van der Waals surface area contributed by atoms with Crippen molar-refractivity contribution in [1.29, 1.82) is 0 Å². The third-order valence-corrected chi connectivity index (χ3v) is 3.65. The van der Waals surface area contributed by atoms with E-state index in [9.17, 15) is 0 Å². The van der Waals surface area contributed by atoms with Crippen LogP contribution >= 0.6 is 11.3 Å². The molecule has 2 N–H and O–H groups in total. The maximum absolute atomic E-state index is 6.03. The van der Waals surface area contributed by atoms with Crippen LogP contribution in [0.4, 0.5) is 5.00 Å². The molecular formula is C13H16N2S. The van der Waals surface area contributed by atoms with Gasteiger partial charge in [0.1, 0.15) is 15.7 Å². The maximum Gasteiger partial charge on any atom is 0.114 e. The molecule has 16 heavy (non-hydrogen) atoms. The van der Waals surface area contributed by atoms with Crippen LogP contribution in [0.25, 0.3) is 11.3 Å². The molecule has 0 saturated heterocycles. The molecule has 2 aromatic rings. The highest BCUT2D eigenvalue weighted by atomic mass is 32.1. The van der Waals surface area contributed by atoms with Gasteiger partial charge in [0, 0.05) is 11.0 Å². The van der Waals surface area contributed by atoms with E-state index in [4.69, 9.17) is 5.73 Å². The summed E-state index contributed by atoms with van der Waals surface area (Å²) in [5.74, 6) is 0. The van der Waals surface area contributed by atoms with Gasteiger partial charge in [-0.05, 0) is 0 Å². The van der Waals surface area contributed by atoms with E-state index in [0.29, 0.717) is 0 Å². The smallest absolute Gasteiger partial charge is 0.114 e. The van der Waals surface area contributed by atoms with Crippen molar-refractivity contribution in [2.24, 2.45) is 0 Å². The van der Waals surface area contributed by atoms with Gasteiger partial charge >= 0.3 is 0 Å². The number of benzene rings is 1. The van der Waals surface area contributed by atoms with E-state index in [-0.39, 0.29) is 5.41 Å². The number of aromatic nitrogens is 1. The van der Waals surface area contributed by atoms with Crippen LogP contribution in [0.15, 0.2) is 30.3 Å². The minimum atomic E-state index is 0.0613. The van der Waals surface area contributed by atoms with E-state index in [0.717, 1.165) is 21.3 Å². The number of nitrogens with two attached hydrogens (primary N) is 1. The molecule has 0 atom stereocenters. The van der Waals surface area contributed by atoms with E-state index in [2.05, 4.69) is 25.8 Å². The number of thiazole rings is 1. The summed E-state index contributed by atoms with van der Waals surface area (Å²) in [7, 11) is 0. The summed E-state index contributed by atoms with van der Waals surface area (Å²) in [6.45, 7) is 6.46. The Bertz CT molecular complexity index is 480. The first-order valence-corrected chi connectivity index (χ1v) is 6.12. The van der Waals surface area contributed by atoms with E-state index in [1.54, 1.807) is 11.3 Å². The van der Waals surface area contributed by atoms with Crippen molar-refractivity contribution in [3.63, 3.8) is 0 Å². The van der Waals surface area contributed by atoms with Crippen LogP contribution in [0.5, 0.6) is 0 Å². The zero-order valence-corrected chi connectivity index (χ0v) is 10.6. The normalized spacial score (nSPS) is 11.7. The van der Waals surface area contributed by atoms with Crippen LogP contribution in [-0.4, -0.2) is 4.98 Å². The Morgan fingerprint density at radius 1 is 1.12 bits per heavy atom. The van der Waals surface area contributed by atoms with Crippen LogP contribution < -0.4 is 5.73 Å². The van der Waals surface area contributed by atoms with Crippen molar-refractivity contribution >= 4 is 16.3 Å². The first-order valence-electron chi connectivity index (χ1n) is 5.30. The predicted octanol–water partition coefficient (Wildman–Crippen LogP) is 3.69. The number of rotatable bonds is 1. The Morgan fingerprint density at radius 3 is 2.25 bits per heavy atom. The van der Waals surface area contributed by atoms with Gasteiger partial charge in [-0.15, -0.1) is 11.3 Å². The number of anilines is 1. The number of hydrogen-bond donors (Lipinski definition) is 1. The molecule has 2 rings (SSSR count). The van der Waals surface area contributed by atoms with Crippen LogP contribution in [0, 0.1) is 0 Å². The lowest BCUT2D eigenvalue weighted by Gasteiger charge is -2.13. The summed E-state index contributed by atoms with van der Waals surface area (Å²) in [5, 5.41) is 1.89. The quantitative estimate of drug-likeness (QED) is 0.814. The molecule has 84 valence electrons. The Balaban J connectivity index is 2.48. The van der Waals surface area contributed by atoms with Gasteiger partial charge in [-0.1, -0.05) is 51.1 Å². The SMILES string of the molecule is CC(C)(C)c1nc(-c2ccccc2)c(N)s1. The molecule has 0 radical (unpaired) electrons. The zero-order chi connectivity index (χ0) is 11.8. The average Bonchev–Trinajstić information content (AvgIpc) is 2.61. The fourth-order valence-electron chi connectivity index (χ4n) is 1.46. The maximum atomic E-state index is 6.03. The van der Waals surface area contributed by atoms with Crippen LogP contribution in [0.1, 0.15) is 25.8 Å². The summed E-state index contributed by atoms with van der Waals surface area (Å²) >= 11 is 1.58. The van der Waals surface area contributed by atoms with Gasteiger partial charge < -0.3 is 5.73 Å². The molecule has 1 heterocycles. The summed E-state index contributed by atoms with van der Waals surface area (Å²) < 4.78 is 0. The molecule has 0 aliphatic heterocycles. The Hall–Kier alpha value is -1.35. The van der Waals surface area contributed by atoms with E-state index in [1.165, 1.54) is 0 Å². The molecule has 0 bridgehead atoms. The van der Waals surface area contributed by atoms with E-state index >= 15 is 0 Å². The molecule has 2 nitrogen and oxygen atoms in total. The van der Waals surface area contributed by atoms with Gasteiger partial charge in [0.2, 0.25) is 0 Å². The molecule has 0 saturated carbocycles. The topological polar surface area (TPSA) is 38.9 Å². The van der Waals surface area contributed by atoms with Gasteiger partial charge in [0.25, 0.3) is 0 Å². The van der Waals surface area contributed by atoms with Crippen molar-refractivity contribution < 1.29 is 0 Å². The zero-order valence-electron chi connectivity index (χ0n) is 9.82. The van der Waals surface area contributed by atoms with Crippen molar-refractivity contribution in [1.82, 2.24) is 4.98 Å². The third-order valence-electron chi connectivity index (χ3n) is 2.34. The van der Waals surface area contributed by atoms with Gasteiger partial charge in [0.15, 0.2) is 0 Å². The molecular weight excluding hydrogens is 216 g/mol. The third kappa shape index (κ3) is 2.09. The summed E-state index contributed by atoms with van der Waals surface area (Å²) in [6, 6.07) is 10.1. The molecule has 0 fully saturated rings. The van der Waals surface area contributed by atoms with Crippen molar-refractivity contribution in [2.45, 2.75) is 26.2 Å². The lowest BCUT2D eigenvalue weighted by atomic mass is 9.98. The summed E-state index contributed by atoms with van der Waals surface area (Å²) in [6.07, 6.45) is 0. The van der Waals surface area contributed by atoms with Gasteiger partial charge in [-0.25, -0.2) is 4.98 Å². The second kappa shape index (κ2) is 3.91. The highest BCUT2D eigenvalue weighted by Crippen LogP contribution is 2.35. The van der Waals surface area contributed by atoms with E-state index < -0.39 is 0 Å².